The first-order valence-electron chi connectivity index (χ1n) is 8.43. The Morgan fingerprint density at radius 3 is 2.73 bits per heavy atom. The highest BCUT2D eigenvalue weighted by Gasteiger charge is 2.21. The molecular formula is C20H20N2O4. The van der Waals surface area contributed by atoms with Crippen molar-refractivity contribution in [3.8, 4) is 11.1 Å². The number of fused-ring (bicyclic) bond motifs is 1. The van der Waals surface area contributed by atoms with E-state index in [1.165, 1.54) is 6.92 Å². The number of ketones is 1. The second kappa shape index (κ2) is 7.47. The molecule has 0 bridgehead atoms. The van der Waals surface area contributed by atoms with E-state index in [1.807, 2.05) is 18.2 Å². The third-order valence-corrected chi connectivity index (χ3v) is 4.39. The molecule has 134 valence electrons. The molecule has 0 N–H and O–H groups in total. The Morgan fingerprint density at radius 1 is 1.15 bits per heavy atom. The van der Waals surface area contributed by atoms with Crippen molar-refractivity contribution in [2.45, 2.75) is 26.2 Å². The number of rotatable bonds is 5. The van der Waals surface area contributed by atoms with Gasteiger partial charge in [-0.15, -0.1) is 0 Å². The lowest BCUT2D eigenvalue weighted by atomic mass is 9.96. The van der Waals surface area contributed by atoms with Gasteiger partial charge in [-0.1, -0.05) is 6.07 Å². The molecule has 1 aromatic carbocycles. The molecule has 0 aliphatic carbocycles. The first-order valence-corrected chi connectivity index (χ1v) is 8.43. The number of benzene rings is 1. The van der Waals surface area contributed by atoms with E-state index in [4.69, 9.17) is 4.74 Å². The molecule has 0 unspecified atom stereocenters. The number of aryl methyl sites for hydroxylation is 1. The highest BCUT2D eigenvalue weighted by atomic mass is 16.5. The number of hydrogen-bond donors (Lipinski definition) is 0. The lowest BCUT2D eigenvalue weighted by Crippen LogP contribution is -2.30. The van der Waals surface area contributed by atoms with Gasteiger partial charge in [0.2, 0.25) is 5.91 Å². The summed E-state index contributed by atoms with van der Waals surface area (Å²) in [6.07, 6.45) is 4.78. The number of esters is 1. The monoisotopic (exact) mass is 352 g/mol. The lowest BCUT2D eigenvalue weighted by molar-refractivity contribution is -0.145. The van der Waals surface area contributed by atoms with E-state index >= 15 is 0 Å². The van der Waals surface area contributed by atoms with Crippen molar-refractivity contribution in [1.82, 2.24) is 4.98 Å². The average Bonchev–Trinajstić information content (AvgIpc) is 2.63. The van der Waals surface area contributed by atoms with Crippen LogP contribution in [0.5, 0.6) is 0 Å². The summed E-state index contributed by atoms with van der Waals surface area (Å²) < 4.78 is 4.73. The average molecular weight is 352 g/mol. The van der Waals surface area contributed by atoms with Gasteiger partial charge in [-0.2, -0.15) is 0 Å². The summed E-state index contributed by atoms with van der Waals surface area (Å²) in [4.78, 5) is 40.4. The van der Waals surface area contributed by atoms with Crippen LogP contribution in [0.1, 0.15) is 24.5 Å². The van der Waals surface area contributed by atoms with Gasteiger partial charge in [0, 0.05) is 50.5 Å². The van der Waals surface area contributed by atoms with E-state index in [1.54, 1.807) is 24.3 Å². The standard InChI is InChI=1S/C20H20N2O4/c1-13(23)26-12-18(24)8-14-7-17(11-21-10-14)15-3-5-19-16(9-15)4-6-20(25)22(19)2/h3,5,7,9-11H,4,6,8,12H2,1-2H3. The zero-order valence-corrected chi connectivity index (χ0v) is 14.8. The molecule has 1 amide bonds. The normalized spacial score (nSPS) is 13.3. The topological polar surface area (TPSA) is 76.6 Å². The fraction of sp³-hybridized carbons (Fsp3) is 0.300. The Labute approximate surface area is 151 Å². The Morgan fingerprint density at radius 2 is 1.96 bits per heavy atom. The predicted octanol–water partition coefficient (Wildman–Crippen LogP) is 2.33. The molecule has 0 saturated carbocycles. The Bertz CT molecular complexity index is 876. The number of carbonyl (C=O) groups is 3. The molecule has 1 aliphatic rings. The molecule has 26 heavy (non-hydrogen) atoms. The molecule has 0 fully saturated rings. The van der Waals surface area contributed by atoms with Gasteiger partial charge < -0.3 is 9.64 Å². The van der Waals surface area contributed by atoms with E-state index in [-0.39, 0.29) is 24.7 Å². The quantitative estimate of drug-likeness (QED) is 0.772. The molecule has 6 heteroatoms. The number of aromatic nitrogens is 1. The summed E-state index contributed by atoms with van der Waals surface area (Å²) in [7, 11) is 1.79. The van der Waals surface area contributed by atoms with E-state index in [0.29, 0.717) is 6.42 Å². The number of nitrogens with zero attached hydrogens (tertiary/aromatic N) is 2. The molecule has 0 atom stereocenters. The predicted molar refractivity (Wildman–Crippen MR) is 96.7 cm³/mol. The fourth-order valence-corrected chi connectivity index (χ4v) is 3.04. The number of hydrogen-bond acceptors (Lipinski definition) is 5. The molecule has 0 saturated heterocycles. The van der Waals surface area contributed by atoms with E-state index < -0.39 is 5.97 Å². The third-order valence-electron chi connectivity index (χ3n) is 4.39. The molecular weight excluding hydrogens is 332 g/mol. The van der Waals surface area contributed by atoms with Gasteiger partial charge in [-0.05, 0) is 41.3 Å². The molecule has 1 aromatic heterocycles. The lowest BCUT2D eigenvalue weighted by Gasteiger charge is -2.26. The molecule has 0 radical (unpaired) electrons. The first-order chi connectivity index (χ1) is 12.4. The molecule has 2 heterocycles. The molecule has 1 aliphatic heterocycles. The van der Waals surface area contributed by atoms with Crippen molar-refractivity contribution in [3.63, 3.8) is 0 Å². The maximum Gasteiger partial charge on any atom is 0.303 e. The van der Waals surface area contributed by atoms with Crippen LogP contribution < -0.4 is 4.90 Å². The highest BCUT2D eigenvalue weighted by Crippen LogP contribution is 2.31. The van der Waals surface area contributed by atoms with Crippen molar-refractivity contribution in [1.29, 1.82) is 0 Å². The van der Waals surface area contributed by atoms with Crippen LogP contribution in [0.4, 0.5) is 5.69 Å². The van der Waals surface area contributed by atoms with Crippen molar-refractivity contribution in [3.05, 3.63) is 47.8 Å². The van der Waals surface area contributed by atoms with Gasteiger partial charge in [0.25, 0.3) is 0 Å². The maximum atomic E-state index is 11.9. The summed E-state index contributed by atoms with van der Waals surface area (Å²) in [5.41, 5.74) is 4.73. The van der Waals surface area contributed by atoms with Crippen LogP contribution in [0.15, 0.2) is 36.7 Å². The third kappa shape index (κ3) is 3.96. The zero-order chi connectivity index (χ0) is 18.7. The summed E-state index contributed by atoms with van der Waals surface area (Å²) in [6, 6.07) is 7.88. The molecule has 6 nitrogen and oxygen atoms in total. The zero-order valence-electron chi connectivity index (χ0n) is 14.8. The Hall–Kier alpha value is -3.02. The van der Waals surface area contributed by atoms with Gasteiger partial charge in [-0.25, -0.2) is 0 Å². The number of carbonyl (C=O) groups excluding carboxylic acids is 3. The van der Waals surface area contributed by atoms with Crippen LogP contribution in [0.2, 0.25) is 0 Å². The smallest absolute Gasteiger partial charge is 0.303 e. The van der Waals surface area contributed by atoms with Crippen LogP contribution in [0, 0.1) is 0 Å². The summed E-state index contributed by atoms with van der Waals surface area (Å²) >= 11 is 0. The number of Topliss-reactive ketones (excluding diaryl/α,β-unsaturated/α-hetero) is 1. The summed E-state index contributed by atoms with van der Waals surface area (Å²) in [6.45, 7) is 1.05. The second-order valence-corrected chi connectivity index (χ2v) is 6.37. The summed E-state index contributed by atoms with van der Waals surface area (Å²) in [5.74, 6) is -0.521. The number of ether oxygens (including phenoxy) is 1. The Balaban J connectivity index is 1.79. The number of anilines is 1. The van der Waals surface area contributed by atoms with Crippen molar-refractivity contribution < 1.29 is 19.1 Å². The SMILES string of the molecule is CC(=O)OCC(=O)Cc1cncc(-c2ccc3c(c2)CCC(=O)N3C)c1. The minimum absolute atomic E-state index is 0.125. The van der Waals surface area contributed by atoms with Crippen LogP contribution in [-0.4, -0.2) is 36.3 Å². The van der Waals surface area contributed by atoms with Gasteiger partial charge >= 0.3 is 5.97 Å². The number of pyridine rings is 1. The van der Waals surface area contributed by atoms with E-state index in [0.717, 1.165) is 34.4 Å². The Kier molecular flexibility index (Phi) is 5.11. The molecule has 0 spiro atoms. The second-order valence-electron chi connectivity index (χ2n) is 6.37. The van der Waals surface area contributed by atoms with Gasteiger partial charge in [-0.3, -0.25) is 19.4 Å². The van der Waals surface area contributed by atoms with Crippen LogP contribution in [0.25, 0.3) is 11.1 Å². The van der Waals surface area contributed by atoms with Crippen LogP contribution in [0.3, 0.4) is 0 Å². The minimum Gasteiger partial charge on any atom is -0.458 e. The van der Waals surface area contributed by atoms with Crippen molar-refractivity contribution in [2.24, 2.45) is 0 Å². The van der Waals surface area contributed by atoms with E-state index in [2.05, 4.69) is 11.1 Å². The fourth-order valence-electron chi connectivity index (χ4n) is 3.04. The molecule has 3 rings (SSSR count). The van der Waals surface area contributed by atoms with Crippen LogP contribution in [-0.2, 0) is 32.0 Å². The van der Waals surface area contributed by atoms with Gasteiger partial charge in [0.05, 0.1) is 0 Å². The van der Waals surface area contributed by atoms with E-state index in [9.17, 15) is 14.4 Å². The highest BCUT2D eigenvalue weighted by molar-refractivity contribution is 5.96. The number of amides is 1. The van der Waals surface area contributed by atoms with Crippen molar-refractivity contribution in [2.75, 3.05) is 18.6 Å². The maximum absolute atomic E-state index is 11.9. The largest absolute Gasteiger partial charge is 0.458 e. The minimum atomic E-state index is -0.470. The van der Waals surface area contributed by atoms with Crippen LogP contribution >= 0.6 is 0 Å². The van der Waals surface area contributed by atoms with Gasteiger partial charge in [0.1, 0.15) is 6.61 Å². The summed E-state index contributed by atoms with van der Waals surface area (Å²) in [5, 5.41) is 0. The van der Waals surface area contributed by atoms with Crippen molar-refractivity contribution >= 4 is 23.3 Å². The molecule has 2 aromatic rings. The van der Waals surface area contributed by atoms with Gasteiger partial charge in [0.15, 0.2) is 5.78 Å². The first kappa shape index (κ1) is 17.8.